The summed E-state index contributed by atoms with van der Waals surface area (Å²) in [5.74, 6) is 2.74. The predicted octanol–water partition coefficient (Wildman–Crippen LogP) is 4.48. The van der Waals surface area contributed by atoms with E-state index in [1.54, 1.807) is 19.3 Å². The zero-order chi connectivity index (χ0) is 23.8. The minimum atomic E-state index is -0.205. The van der Waals surface area contributed by atoms with Gasteiger partial charge in [-0.25, -0.2) is 0 Å². The Bertz CT molecular complexity index is 1010. The first-order chi connectivity index (χ1) is 16.6. The standard InChI is InChI=1S/C27H33NO6/c1-3-4-13-32-22-8-5-20(16-24(22)30-2)6-10-26(29)28-18-27(11-14-31-15-12-27)21-7-9-23-25(17-21)34-19-33-23/h5-10,16-17H,3-4,11-15,18-19H2,1-2H3,(H,28,29)/b10-6+. The van der Waals surface area contributed by atoms with Crippen LogP contribution in [0.3, 0.4) is 0 Å². The highest BCUT2D eigenvalue weighted by molar-refractivity contribution is 5.91. The zero-order valence-electron chi connectivity index (χ0n) is 19.9. The van der Waals surface area contributed by atoms with Crippen molar-refractivity contribution in [2.75, 3.05) is 40.3 Å². The molecule has 0 spiro atoms. The van der Waals surface area contributed by atoms with Crippen LogP contribution in [-0.2, 0) is 14.9 Å². The monoisotopic (exact) mass is 467 g/mol. The van der Waals surface area contributed by atoms with Crippen molar-refractivity contribution in [3.05, 3.63) is 53.6 Å². The maximum atomic E-state index is 12.7. The van der Waals surface area contributed by atoms with Crippen molar-refractivity contribution in [2.45, 2.75) is 38.0 Å². The Hall–Kier alpha value is -3.19. The van der Waals surface area contributed by atoms with Gasteiger partial charge in [-0.1, -0.05) is 25.5 Å². The van der Waals surface area contributed by atoms with Crippen LogP contribution in [0, 0.1) is 0 Å². The minimum Gasteiger partial charge on any atom is -0.493 e. The van der Waals surface area contributed by atoms with Gasteiger partial charge in [0.15, 0.2) is 23.0 Å². The Morgan fingerprint density at radius 2 is 1.91 bits per heavy atom. The van der Waals surface area contributed by atoms with Crippen LogP contribution in [0.4, 0.5) is 0 Å². The maximum absolute atomic E-state index is 12.7. The first-order valence-electron chi connectivity index (χ1n) is 11.9. The van der Waals surface area contributed by atoms with E-state index in [2.05, 4.69) is 18.3 Å². The number of hydrogen-bond donors (Lipinski definition) is 1. The average molecular weight is 468 g/mol. The number of ether oxygens (including phenoxy) is 5. The molecule has 34 heavy (non-hydrogen) atoms. The van der Waals surface area contributed by atoms with Crippen LogP contribution >= 0.6 is 0 Å². The van der Waals surface area contributed by atoms with Gasteiger partial charge in [0.2, 0.25) is 12.7 Å². The Balaban J connectivity index is 1.40. The molecule has 2 aromatic rings. The normalized spacial score (nSPS) is 16.4. The molecule has 0 atom stereocenters. The fourth-order valence-corrected chi connectivity index (χ4v) is 4.28. The van der Waals surface area contributed by atoms with Gasteiger partial charge < -0.3 is 29.0 Å². The van der Waals surface area contributed by atoms with Crippen LogP contribution in [0.15, 0.2) is 42.5 Å². The summed E-state index contributed by atoms with van der Waals surface area (Å²) in [4.78, 5) is 12.7. The first kappa shape index (κ1) is 24.0. The lowest BCUT2D eigenvalue weighted by Gasteiger charge is -2.38. The number of nitrogens with one attached hydrogen (secondary N) is 1. The summed E-state index contributed by atoms with van der Waals surface area (Å²) >= 11 is 0. The van der Waals surface area contributed by atoms with Gasteiger partial charge in [0, 0.05) is 31.2 Å². The number of methoxy groups -OCH3 is 1. The molecule has 0 aromatic heterocycles. The molecule has 0 unspecified atom stereocenters. The number of carbonyl (C=O) groups is 1. The molecule has 4 rings (SSSR count). The van der Waals surface area contributed by atoms with E-state index in [9.17, 15) is 4.79 Å². The highest BCUT2D eigenvalue weighted by atomic mass is 16.7. The molecule has 7 heteroatoms. The summed E-state index contributed by atoms with van der Waals surface area (Å²) in [5, 5.41) is 3.09. The van der Waals surface area contributed by atoms with Gasteiger partial charge in [-0.15, -0.1) is 0 Å². The number of unbranched alkanes of at least 4 members (excludes halogenated alkanes) is 1. The largest absolute Gasteiger partial charge is 0.493 e. The molecule has 182 valence electrons. The molecule has 1 N–H and O–H groups in total. The fourth-order valence-electron chi connectivity index (χ4n) is 4.28. The Morgan fingerprint density at radius 3 is 2.71 bits per heavy atom. The second-order valence-corrected chi connectivity index (χ2v) is 8.62. The lowest BCUT2D eigenvalue weighted by atomic mass is 9.74. The number of amides is 1. The van der Waals surface area contributed by atoms with Crippen molar-refractivity contribution in [1.82, 2.24) is 5.32 Å². The zero-order valence-corrected chi connectivity index (χ0v) is 19.9. The Kier molecular flexibility index (Phi) is 7.95. The van der Waals surface area contributed by atoms with Gasteiger partial charge in [0.05, 0.1) is 13.7 Å². The molecule has 0 saturated carbocycles. The van der Waals surface area contributed by atoms with Crippen LogP contribution in [0.25, 0.3) is 6.08 Å². The minimum absolute atomic E-state index is 0.145. The van der Waals surface area contributed by atoms with E-state index in [1.807, 2.05) is 30.3 Å². The molecule has 0 aliphatic carbocycles. The van der Waals surface area contributed by atoms with Crippen molar-refractivity contribution in [3.8, 4) is 23.0 Å². The second kappa shape index (κ2) is 11.3. The maximum Gasteiger partial charge on any atom is 0.244 e. The van der Waals surface area contributed by atoms with Gasteiger partial charge in [0.1, 0.15) is 0 Å². The molecule has 2 aliphatic rings. The van der Waals surface area contributed by atoms with Crippen LogP contribution < -0.4 is 24.3 Å². The van der Waals surface area contributed by atoms with Crippen LogP contribution in [0.1, 0.15) is 43.7 Å². The summed E-state index contributed by atoms with van der Waals surface area (Å²) in [7, 11) is 1.62. The van der Waals surface area contributed by atoms with E-state index >= 15 is 0 Å². The van der Waals surface area contributed by atoms with E-state index in [4.69, 9.17) is 23.7 Å². The first-order valence-corrected chi connectivity index (χ1v) is 11.9. The Morgan fingerprint density at radius 1 is 1.09 bits per heavy atom. The third kappa shape index (κ3) is 5.65. The molecule has 2 heterocycles. The highest BCUT2D eigenvalue weighted by Crippen LogP contribution is 2.40. The molecular weight excluding hydrogens is 434 g/mol. The van der Waals surface area contributed by atoms with Crippen molar-refractivity contribution in [3.63, 3.8) is 0 Å². The summed E-state index contributed by atoms with van der Waals surface area (Å²) in [6.45, 7) is 4.86. The third-order valence-corrected chi connectivity index (χ3v) is 6.41. The lowest BCUT2D eigenvalue weighted by molar-refractivity contribution is -0.116. The Labute approximate surface area is 201 Å². The second-order valence-electron chi connectivity index (χ2n) is 8.62. The highest BCUT2D eigenvalue weighted by Gasteiger charge is 2.36. The van der Waals surface area contributed by atoms with Crippen LogP contribution in [0.5, 0.6) is 23.0 Å². The van der Waals surface area contributed by atoms with Crippen molar-refractivity contribution >= 4 is 12.0 Å². The molecule has 2 aromatic carbocycles. The van der Waals surface area contributed by atoms with Gasteiger partial charge in [-0.2, -0.15) is 0 Å². The molecule has 0 radical (unpaired) electrons. The number of hydrogen-bond acceptors (Lipinski definition) is 6. The van der Waals surface area contributed by atoms with Gasteiger partial charge in [-0.05, 0) is 60.7 Å². The van der Waals surface area contributed by atoms with Gasteiger partial charge >= 0.3 is 0 Å². The summed E-state index contributed by atoms with van der Waals surface area (Å²) in [5.41, 5.74) is 1.79. The van der Waals surface area contributed by atoms with E-state index in [1.165, 1.54) is 0 Å². The molecule has 0 bridgehead atoms. The molecule has 2 aliphatic heterocycles. The van der Waals surface area contributed by atoms with Crippen LogP contribution in [0.2, 0.25) is 0 Å². The van der Waals surface area contributed by atoms with E-state index in [-0.39, 0.29) is 18.1 Å². The van der Waals surface area contributed by atoms with Crippen molar-refractivity contribution in [2.24, 2.45) is 0 Å². The SMILES string of the molecule is CCCCOc1ccc(/C=C/C(=O)NCC2(c3ccc4c(c3)OCO4)CCOCC2)cc1OC. The quantitative estimate of drug-likeness (QED) is 0.410. The average Bonchev–Trinajstić information content (AvgIpc) is 3.35. The topological polar surface area (TPSA) is 75.3 Å². The van der Waals surface area contributed by atoms with Gasteiger partial charge in [-0.3, -0.25) is 4.79 Å². The van der Waals surface area contributed by atoms with E-state index < -0.39 is 0 Å². The number of carbonyl (C=O) groups excluding carboxylic acids is 1. The molecule has 1 amide bonds. The number of benzene rings is 2. The van der Waals surface area contributed by atoms with Gasteiger partial charge in [0.25, 0.3) is 0 Å². The third-order valence-electron chi connectivity index (χ3n) is 6.41. The van der Waals surface area contributed by atoms with Crippen LogP contribution in [-0.4, -0.2) is 46.2 Å². The summed E-state index contributed by atoms with van der Waals surface area (Å²) in [6, 6.07) is 11.7. The molecule has 1 saturated heterocycles. The molecular formula is C27H33NO6. The van der Waals surface area contributed by atoms with E-state index in [0.29, 0.717) is 37.9 Å². The predicted molar refractivity (Wildman–Crippen MR) is 130 cm³/mol. The number of fused-ring (bicyclic) bond motifs is 1. The number of rotatable bonds is 10. The summed E-state index contributed by atoms with van der Waals surface area (Å²) < 4.78 is 27.9. The van der Waals surface area contributed by atoms with E-state index in [0.717, 1.165) is 48.3 Å². The summed E-state index contributed by atoms with van der Waals surface area (Å²) in [6.07, 6.45) is 7.05. The van der Waals surface area contributed by atoms with Crippen molar-refractivity contribution < 1.29 is 28.5 Å². The molecule has 7 nitrogen and oxygen atoms in total. The fraction of sp³-hybridized carbons (Fsp3) is 0.444. The smallest absolute Gasteiger partial charge is 0.244 e. The lowest BCUT2D eigenvalue weighted by Crippen LogP contribution is -2.44. The molecule has 1 fully saturated rings. The van der Waals surface area contributed by atoms with Crippen molar-refractivity contribution in [1.29, 1.82) is 0 Å².